The van der Waals surface area contributed by atoms with E-state index < -0.39 is 34.0 Å². The van der Waals surface area contributed by atoms with Gasteiger partial charge in [0.25, 0.3) is 11.8 Å². The van der Waals surface area contributed by atoms with Crippen LogP contribution in [0.3, 0.4) is 0 Å². The second-order valence-electron chi connectivity index (χ2n) is 8.49. The second-order valence-corrected chi connectivity index (χ2v) is 10.4. The summed E-state index contributed by atoms with van der Waals surface area (Å²) >= 11 is 0. The van der Waals surface area contributed by atoms with E-state index in [1.54, 1.807) is 12.1 Å². The van der Waals surface area contributed by atoms with E-state index in [9.17, 15) is 22.8 Å². The van der Waals surface area contributed by atoms with Crippen LogP contribution < -0.4 is 16.1 Å². The quantitative estimate of drug-likeness (QED) is 0.253. The van der Waals surface area contributed by atoms with Gasteiger partial charge >= 0.3 is 6.09 Å². The lowest BCUT2D eigenvalue weighted by atomic mass is 10.2. The molecule has 0 aliphatic carbocycles. The average molecular weight is 539 g/mol. The molecule has 38 heavy (non-hydrogen) atoms. The van der Waals surface area contributed by atoms with Gasteiger partial charge in [-0.05, 0) is 66.9 Å². The van der Waals surface area contributed by atoms with Crippen molar-refractivity contribution in [1.82, 2.24) is 9.79 Å². The molecule has 11 nitrogen and oxygen atoms in total. The standard InChI is InChI=1S/C26H26N4O7S/c31-24(19-8-10-21(11-9-19)28-26(33)37-17-18-5-2-1-3-6-18)27-20-12-14-22(15-13-20)38(35,36)30-16-4-7-23(30)25(32)29-34/h1-3,5-6,8-15,23,34H,4,7,16-17H2,(H,27,31)(H,28,33)(H,29,32)/t23-/m1/s1. The molecule has 1 aliphatic heterocycles. The fourth-order valence-corrected chi connectivity index (χ4v) is 5.65. The van der Waals surface area contributed by atoms with Crippen LogP contribution in [0.25, 0.3) is 0 Å². The number of hydrogen-bond donors (Lipinski definition) is 4. The maximum absolute atomic E-state index is 13.0. The van der Waals surface area contributed by atoms with E-state index in [1.807, 2.05) is 30.3 Å². The Kier molecular flexibility index (Phi) is 8.36. The lowest BCUT2D eigenvalue weighted by molar-refractivity contribution is -0.132. The number of rotatable bonds is 8. The van der Waals surface area contributed by atoms with Gasteiger partial charge in [-0.2, -0.15) is 4.31 Å². The fraction of sp³-hybridized carbons (Fsp3) is 0.192. The summed E-state index contributed by atoms with van der Waals surface area (Å²) in [4.78, 5) is 36.4. The van der Waals surface area contributed by atoms with Crippen molar-refractivity contribution < 1.29 is 32.7 Å². The van der Waals surface area contributed by atoms with E-state index in [2.05, 4.69) is 10.6 Å². The summed E-state index contributed by atoms with van der Waals surface area (Å²) in [7, 11) is -3.97. The normalized spacial score (nSPS) is 15.4. The van der Waals surface area contributed by atoms with Crippen molar-refractivity contribution in [3.63, 3.8) is 0 Å². The van der Waals surface area contributed by atoms with Gasteiger partial charge < -0.3 is 10.1 Å². The lowest BCUT2D eigenvalue weighted by Gasteiger charge is -2.22. The third kappa shape index (κ3) is 6.35. The molecule has 1 heterocycles. The van der Waals surface area contributed by atoms with Crippen LogP contribution in [0, 0.1) is 0 Å². The van der Waals surface area contributed by atoms with Crippen molar-refractivity contribution in [2.45, 2.75) is 30.4 Å². The monoisotopic (exact) mass is 538 g/mol. The van der Waals surface area contributed by atoms with Crippen LogP contribution in [0.4, 0.5) is 16.2 Å². The van der Waals surface area contributed by atoms with Gasteiger partial charge in [0.2, 0.25) is 10.0 Å². The van der Waals surface area contributed by atoms with E-state index in [1.165, 1.54) is 41.9 Å². The summed E-state index contributed by atoms with van der Waals surface area (Å²) in [6.07, 6.45) is 0.177. The number of nitrogens with zero attached hydrogens (tertiary/aromatic N) is 1. The highest BCUT2D eigenvalue weighted by atomic mass is 32.2. The van der Waals surface area contributed by atoms with Crippen LogP contribution in [0.5, 0.6) is 0 Å². The van der Waals surface area contributed by atoms with Crippen molar-refractivity contribution >= 4 is 39.3 Å². The first-order chi connectivity index (χ1) is 18.3. The Morgan fingerprint density at radius 1 is 0.895 bits per heavy atom. The molecule has 0 radical (unpaired) electrons. The van der Waals surface area contributed by atoms with E-state index in [4.69, 9.17) is 9.94 Å². The van der Waals surface area contributed by atoms with Gasteiger partial charge in [0.05, 0.1) is 4.90 Å². The molecule has 0 unspecified atom stereocenters. The van der Waals surface area contributed by atoms with Crippen molar-refractivity contribution in [1.29, 1.82) is 0 Å². The van der Waals surface area contributed by atoms with Crippen molar-refractivity contribution in [2.24, 2.45) is 0 Å². The van der Waals surface area contributed by atoms with Crippen LogP contribution >= 0.6 is 0 Å². The molecular weight excluding hydrogens is 512 g/mol. The Balaban J connectivity index is 1.33. The Morgan fingerprint density at radius 2 is 1.53 bits per heavy atom. The molecule has 1 atom stereocenters. The van der Waals surface area contributed by atoms with Gasteiger partial charge in [-0.1, -0.05) is 30.3 Å². The number of amides is 3. The summed E-state index contributed by atoms with van der Waals surface area (Å²) in [5.74, 6) is -1.21. The Bertz CT molecular complexity index is 1400. The minimum absolute atomic E-state index is 0.0392. The van der Waals surface area contributed by atoms with Gasteiger partial charge in [0, 0.05) is 23.5 Å². The zero-order chi connectivity index (χ0) is 27.1. The van der Waals surface area contributed by atoms with Gasteiger partial charge in [-0.3, -0.25) is 20.1 Å². The number of carbonyl (C=O) groups excluding carboxylic acids is 3. The molecule has 1 fully saturated rings. The molecule has 1 saturated heterocycles. The predicted molar refractivity (Wildman–Crippen MR) is 138 cm³/mol. The number of hydrogen-bond acceptors (Lipinski definition) is 7. The molecule has 3 aromatic carbocycles. The van der Waals surface area contributed by atoms with Crippen LogP contribution in [0.2, 0.25) is 0 Å². The molecule has 12 heteroatoms. The maximum atomic E-state index is 13.0. The van der Waals surface area contributed by atoms with Crippen LogP contribution in [-0.4, -0.2) is 48.4 Å². The molecular formula is C26H26N4O7S. The zero-order valence-electron chi connectivity index (χ0n) is 20.2. The summed E-state index contributed by atoms with van der Waals surface area (Å²) in [5, 5.41) is 14.2. The van der Waals surface area contributed by atoms with Crippen molar-refractivity contribution in [2.75, 3.05) is 17.2 Å². The van der Waals surface area contributed by atoms with E-state index in [0.717, 1.165) is 9.87 Å². The van der Waals surface area contributed by atoms with Gasteiger partial charge in [0.15, 0.2) is 0 Å². The SMILES string of the molecule is O=C(Nc1ccc(C(=O)Nc2ccc(S(=O)(=O)N3CCC[C@@H]3C(=O)NO)cc2)cc1)OCc1ccccc1. The Morgan fingerprint density at radius 3 is 2.18 bits per heavy atom. The van der Waals surface area contributed by atoms with Crippen molar-refractivity contribution in [3.05, 3.63) is 90.0 Å². The Labute approximate surface area is 219 Å². The lowest BCUT2D eigenvalue weighted by Crippen LogP contribution is -2.44. The minimum Gasteiger partial charge on any atom is -0.444 e. The third-order valence-corrected chi connectivity index (χ3v) is 7.86. The molecule has 1 aliphatic rings. The second kappa shape index (κ2) is 11.9. The first-order valence-corrected chi connectivity index (χ1v) is 13.2. The largest absolute Gasteiger partial charge is 0.444 e. The molecule has 0 bridgehead atoms. The summed E-state index contributed by atoms with van der Waals surface area (Å²) in [6, 6.07) is 20.0. The van der Waals surface area contributed by atoms with E-state index >= 15 is 0 Å². The molecule has 3 amide bonds. The van der Waals surface area contributed by atoms with E-state index in [-0.39, 0.29) is 18.0 Å². The number of carbonyl (C=O) groups is 3. The predicted octanol–water partition coefficient (Wildman–Crippen LogP) is 3.35. The molecule has 3 aromatic rings. The topological polar surface area (TPSA) is 154 Å². The number of ether oxygens (including phenoxy) is 1. The maximum Gasteiger partial charge on any atom is 0.411 e. The smallest absolute Gasteiger partial charge is 0.411 e. The molecule has 4 rings (SSSR count). The zero-order valence-corrected chi connectivity index (χ0v) is 21.0. The number of anilines is 2. The number of hydroxylamine groups is 1. The molecule has 0 spiro atoms. The Hall–Kier alpha value is -4.26. The molecule has 198 valence electrons. The van der Waals surface area contributed by atoms with Gasteiger partial charge in [-0.15, -0.1) is 0 Å². The number of sulfonamides is 1. The van der Waals surface area contributed by atoms with Crippen LogP contribution in [-0.2, 0) is 26.2 Å². The summed E-state index contributed by atoms with van der Waals surface area (Å²) in [6.45, 7) is 0.290. The number of benzene rings is 3. The van der Waals surface area contributed by atoms with Gasteiger partial charge in [0.1, 0.15) is 12.6 Å². The summed E-state index contributed by atoms with van der Waals surface area (Å²) in [5.41, 5.74) is 3.50. The van der Waals surface area contributed by atoms with E-state index in [0.29, 0.717) is 29.8 Å². The molecule has 0 saturated carbocycles. The molecule has 4 N–H and O–H groups in total. The third-order valence-electron chi connectivity index (χ3n) is 5.94. The average Bonchev–Trinajstić information content (AvgIpc) is 3.44. The van der Waals surface area contributed by atoms with Crippen LogP contribution in [0.15, 0.2) is 83.8 Å². The van der Waals surface area contributed by atoms with Gasteiger partial charge in [-0.25, -0.2) is 18.7 Å². The minimum atomic E-state index is -3.97. The highest BCUT2D eigenvalue weighted by Gasteiger charge is 2.39. The fourth-order valence-electron chi connectivity index (χ4n) is 4.00. The first kappa shape index (κ1) is 26.8. The highest BCUT2D eigenvalue weighted by Crippen LogP contribution is 2.27. The summed E-state index contributed by atoms with van der Waals surface area (Å²) < 4.78 is 32.2. The van der Waals surface area contributed by atoms with Crippen LogP contribution in [0.1, 0.15) is 28.8 Å². The highest BCUT2D eigenvalue weighted by molar-refractivity contribution is 7.89. The number of nitrogens with one attached hydrogen (secondary N) is 3. The van der Waals surface area contributed by atoms with Crippen molar-refractivity contribution in [3.8, 4) is 0 Å². The molecule has 0 aromatic heterocycles. The first-order valence-electron chi connectivity index (χ1n) is 11.7.